The van der Waals surface area contributed by atoms with Crippen molar-refractivity contribution < 1.29 is 4.79 Å². The van der Waals surface area contributed by atoms with Crippen LogP contribution in [0.3, 0.4) is 0 Å². The standard InChI is InChI=1S/C12H25N3O/c1-15(2)12(7-3-4-8-12)10-14-11(16)6-5-9-13/h3-10,13H2,1-2H3,(H,14,16). The predicted octanol–water partition coefficient (Wildman–Crippen LogP) is 0.716. The van der Waals surface area contributed by atoms with E-state index in [9.17, 15) is 4.79 Å². The fourth-order valence-electron chi connectivity index (χ4n) is 2.43. The predicted molar refractivity (Wildman–Crippen MR) is 66.2 cm³/mol. The van der Waals surface area contributed by atoms with Gasteiger partial charge in [0, 0.05) is 18.5 Å². The van der Waals surface area contributed by atoms with Crippen molar-refractivity contribution in [2.24, 2.45) is 5.73 Å². The van der Waals surface area contributed by atoms with E-state index in [4.69, 9.17) is 5.73 Å². The Hall–Kier alpha value is -0.610. The molecule has 4 heteroatoms. The maximum absolute atomic E-state index is 11.5. The molecule has 0 heterocycles. The van der Waals surface area contributed by atoms with E-state index < -0.39 is 0 Å². The number of nitrogens with zero attached hydrogens (tertiary/aromatic N) is 1. The number of nitrogens with two attached hydrogens (primary N) is 1. The van der Waals surface area contributed by atoms with Crippen molar-refractivity contribution in [3.8, 4) is 0 Å². The molecule has 0 bridgehead atoms. The highest BCUT2D eigenvalue weighted by atomic mass is 16.1. The summed E-state index contributed by atoms with van der Waals surface area (Å²) in [6.45, 7) is 1.37. The number of likely N-dealkylation sites (N-methyl/N-ethyl adjacent to an activating group) is 1. The van der Waals surface area contributed by atoms with Crippen molar-refractivity contribution in [2.75, 3.05) is 27.2 Å². The lowest BCUT2D eigenvalue weighted by molar-refractivity contribution is -0.121. The van der Waals surface area contributed by atoms with Gasteiger partial charge in [-0.2, -0.15) is 0 Å². The first kappa shape index (κ1) is 13.5. The van der Waals surface area contributed by atoms with Gasteiger partial charge in [0.05, 0.1) is 0 Å². The van der Waals surface area contributed by atoms with E-state index in [1.807, 2.05) is 0 Å². The molecule has 0 saturated heterocycles. The summed E-state index contributed by atoms with van der Waals surface area (Å²) in [6.07, 6.45) is 6.27. The van der Waals surface area contributed by atoms with Crippen LogP contribution in [-0.2, 0) is 4.79 Å². The lowest BCUT2D eigenvalue weighted by Gasteiger charge is -2.36. The van der Waals surface area contributed by atoms with Crippen molar-refractivity contribution in [3.63, 3.8) is 0 Å². The average molecular weight is 227 g/mol. The quantitative estimate of drug-likeness (QED) is 0.703. The van der Waals surface area contributed by atoms with Gasteiger partial charge >= 0.3 is 0 Å². The Balaban J connectivity index is 2.36. The maximum Gasteiger partial charge on any atom is 0.220 e. The zero-order chi connectivity index (χ0) is 12.0. The summed E-state index contributed by atoms with van der Waals surface area (Å²) in [5, 5.41) is 3.05. The summed E-state index contributed by atoms with van der Waals surface area (Å²) in [7, 11) is 4.22. The van der Waals surface area contributed by atoms with Gasteiger partial charge in [-0.3, -0.25) is 4.79 Å². The average Bonchev–Trinajstić information content (AvgIpc) is 2.73. The molecule has 0 spiro atoms. The number of nitrogens with one attached hydrogen (secondary N) is 1. The van der Waals surface area contributed by atoms with Crippen molar-refractivity contribution in [1.29, 1.82) is 0 Å². The van der Waals surface area contributed by atoms with Crippen LogP contribution < -0.4 is 11.1 Å². The van der Waals surface area contributed by atoms with Gasteiger partial charge in [0.25, 0.3) is 0 Å². The first-order valence-electron chi connectivity index (χ1n) is 6.25. The topological polar surface area (TPSA) is 58.4 Å². The van der Waals surface area contributed by atoms with Crippen molar-refractivity contribution in [2.45, 2.75) is 44.1 Å². The zero-order valence-electron chi connectivity index (χ0n) is 10.6. The van der Waals surface area contributed by atoms with Gasteiger partial charge in [0.1, 0.15) is 0 Å². The summed E-state index contributed by atoms with van der Waals surface area (Å²) in [6, 6.07) is 0. The van der Waals surface area contributed by atoms with Crippen LogP contribution in [0, 0.1) is 0 Å². The highest BCUT2D eigenvalue weighted by Gasteiger charge is 2.35. The Morgan fingerprint density at radius 2 is 2.00 bits per heavy atom. The van der Waals surface area contributed by atoms with Crippen molar-refractivity contribution >= 4 is 5.91 Å². The van der Waals surface area contributed by atoms with Crippen LogP contribution in [0.15, 0.2) is 0 Å². The molecule has 3 N–H and O–H groups in total. The smallest absolute Gasteiger partial charge is 0.220 e. The number of hydrogen-bond acceptors (Lipinski definition) is 3. The molecular formula is C12H25N3O. The van der Waals surface area contributed by atoms with Gasteiger partial charge in [-0.05, 0) is 39.9 Å². The second kappa shape index (κ2) is 6.21. The van der Waals surface area contributed by atoms with Crippen LogP contribution in [0.25, 0.3) is 0 Å². The Morgan fingerprint density at radius 3 is 2.50 bits per heavy atom. The fraction of sp³-hybridized carbons (Fsp3) is 0.917. The van der Waals surface area contributed by atoms with E-state index in [1.165, 1.54) is 25.7 Å². The molecule has 0 radical (unpaired) electrons. The zero-order valence-corrected chi connectivity index (χ0v) is 10.6. The summed E-state index contributed by atoms with van der Waals surface area (Å²) >= 11 is 0. The minimum Gasteiger partial charge on any atom is -0.354 e. The van der Waals surface area contributed by atoms with Gasteiger partial charge in [0.15, 0.2) is 0 Å². The van der Waals surface area contributed by atoms with E-state index in [0.29, 0.717) is 13.0 Å². The molecule has 4 nitrogen and oxygen atoms in total. The van der Waals surface area contributed by atoms with Gasteiger partial charge in [0.2, 0.25) is 5.91 Å². The Labute approximate surface area is 98.6 Å². The van der Waals surface area contributed by atoms with Crippen LogP contribution >= 0.6 is 0 Å². The minimum atomic E-state index is 0.138. The van der Waals surface area contributed by atoms with E-state index >= 15 is 0 Å². The third-order valence-corrected chi connectivity index (χ3v) is 3.71. The lowest BCUT2D eigenvalue weighted by Crippen LogP contribution is -2.50. The van der Waals surface area contributed by atoms with E-state index in [1.54, 1.807) is 0 Å². The molecule has 0 atom stereocenters. The molecule has 0 aromatic rings. The third-order valence-electron chi connectivity index (χ3n) is 3.71. The first-order valence-corrected chi connectivity index (χ1v) is 6.25. The fourth-order valence-corrected chi connectivity index (χ4v) is 2.43. The van der Waals surface area contributed by atoms with Crippen LogP contribution in [0.5, 0.6) is 0 Å². The van der Waals surface area contributed by atoms with Crippen molar-refractivity contribution in [1.82, 2.24) is 10.2 Å². The van der Waals surface area contributed by atoms with Gasteiger partial charge in [-0.1, -0.05) is 12.8 Å². The molecule has 1 saturated carbocycles. The van der Waals surface area contributed by atoms with Gasteiger partial charge in [-0.25, -0.2) is 0 Å². The molecule has 1 aliphatic carbocycles. The summed E-state index contributed by atoms with van der Waals surface area (Å²) < 4.78 is 0. The number of amides is 1. The molecule has 1 rings (SSSR count). The molecule has 1 aliphatic rings. The molecule has 0 unspecified atom stereocenters. The highest BCUT2D eigenvalue weighted by Crippen LogP contribution is 2.33. The largest absolute Gasteiger partial charge is 0.354 e. The molecular weight excluding hydrogens is 202 g/mol. The second-order valence-corrected chi connectivity index (χ2v) is 4.99. The minimum absolute atomic E-state index is 0.138. The van der Waals surface area contributed by atoms with E-state index in [0.717, 1.165) is 13.0 Å². The lowest BCUT2D eigenvalue weighted by atomic mass is 9.96. The van der Waals surface area contributed by atoms with Crippen LogP contribution in [-0.4, -0.2) is 43.5 Å². The van der Waals surface area contributed by atoms with Crippen LogP contribution in [0.2, 0.25) is 0 Å². The highest BCUT2D eigenvalue weighted by molar-refractivity contribution is 5.75. The van der Waals surface area contributed by atoms with E-state index in [-0.39, 0.29) is 11.4 Å². The van der Waals surface area contributed by atoms with Crippen LogP contribution in [0.4, 0.5) is 0 Å². The maximum atomic E-state index is 11.5. The summed E-state index contributed by atoms with van der Waals surface area (Å²) in [5.41, 5.74) is 5.57. The number of carbonyl (C=O) groups excluding carboxylic acids is 1. The summed E-state index contributed by atoms with van der Waals surface area (Å²) in [4.78, 5) is 13.8. The Kier molecular flexibility index (Phi) is 5.22. The molecule has 0 aromatic carbocycles. The molecule has 0 aliphatic heterocycles. The summed E-state index contributed by atoms with van der Waals surface area (Å²) in [5.74, 6) is 0.138. The number of carbonyl (C=O) groups is 1. The van der Waals surface area contributed by atoms with E-state index in [2.05, 4.69) is 24.3 Å². The molecule has 0 aromatic heterocycles. The number of hydrogen-bond donors (Lipinski definition) is 2. The molecule has 1 amide bonds. The van der Waals surface area contributed by atoms with Crippen LogP contribution in [0.1, 0.15) is 38.5 Å². The monoisotopic (exact) mass is 227 g/mol. The molecule has 1 fully saturated rings. The molecule has 94 valence electrons. The third kappa shape index (κ3) is 3.46. The number of rotatable bonds is 6. The Bertz CT molecular complexity index is 222. The second-order valence-electron chi connectivity index (χ2n) is 4.99. The Morgan fingerprint density at radius 1 is 1.38 bits per heavy atom. The van der Waals surface area contributed by atoms with Gasteiger partial charge < -0.3 is 16.0 Å². The SMILES string of the molecule is CN(C)C1(CNC(=O)CCCN)CCCC1. The van der Waals surface area contributed by atoms with Crippen molar-refractivity contribution in [3.05, 3.63) is 0 Å². The first-order chi connectivity index (χ1) is 7.60. The molecule has 16 heavy (non-hydrogen) atoms. The normalized spacial score (nSPS) is 19.0. The van der Waals surface area contributed by atoms with Gasteiger partial charge in [-0.15, -0.1) is 0 Å².